The van der Waals surface area contributed by atoms with Gasteiger partial charge in [0, 0.05) is 12.8 Å². The van der Waals surface area contributed by atoms with Gasteiger partial charge in [-0.05, 0) is 25.0 Å². The number of thiol groups is 1. The molecule has 37 heavy (non-hydrogen) atoms. The van der Waals surface area contributed by atoms with Gasteiger partial charge in [-0.15, -0.1) is 0 Å². The first-order chi connectivity index (χ1) is 17.5. The molecular formula is C24H30N6O6S. The van der Waals surface area contributed by atoms with Crippen LogP contribution >= 0.6 is 12.6 Å². The van der Waals surface area contributed by atoms with Gasteiger partial charge in [-0.3, -0.25) is 24.2 Å². The molecule has 0 spiro atoms. The number of hydrogen-bond acceptors (Lipinski definition) is 9. The molecule has 2 aromatic rings. The van der Waals surface area contributed by atoms with Crippen LogP contribution in [0.15, 0.2) is 30.5 Å². The largest absolute Gasteiger partial charge is 0.461 e. The van der Waals surface area contributed by atoms with Crippen LogP contribution < -0.4 is 16.0 Å². The van der Waals surface area contributed by atoms with Crippen molar-refractivity contribution in [1.29, 1.82) is 0 Å². The van der Waals surface area contributed by atoms with E-state index in [0.29, 0.717) is 11.0 Å². The summed E-state index contributed by atoms with van der Waals surface area (Å²) in [6.07, 6.45) is 1.27. The van der Waals surface area contributed by atoms with Gasteiger partial charge in [0.2, 0.25) is 17.7 Å². The fourth-order valence-electron chi connectivity index (χ4n) is 3.85. The molecule has 0 bridgehead atoms. The maximum atomic E-state index is 13.0. The number of benzene rings is 1. The van der Waals surface area contributed by atoms with Crippen LogP contribution in [0.1, 0.15) is 31.3 Å². The topological polar surface area (TPSA) is 160 Å². The second-order valence-electron chi connectivity index (χ2n) is 9.01. The van der Waals surface area contributed by atoms with Gasteiger partial charge in [0.25, 0.3) is 5.91 Å². The number of aromatic nitrogens is 2. The Bertz CT molecular complexity index is 1210. The summed E-state index contributed by atoms with van der Waals surface area (Å²) in [5.74, 6) is -3.79. The predicted molar refractivity (Wildman–Crippen MR) is 137 cm³/mol. The van der Waals surface area contributed by atoms with E-state index in [1.165, 1.54) is 25.1 Å². The summed E-state index contributed by atoms with van der Waals surface area (Å²) in [6, 6.07) is 2.51. The van der Waals surface area contributed by atoms with E-state index in [9.17, 15) is 24.0 Å². The molecule has 3 N–H and O–H groups in total. The maximum Gasteiger partial charge on any atom is 0.329 e. The number of rotatable bonds is 4. The summed E-state index contributed by atoms with van der Waals surface area (Å²) < 4.78 is 5.40. The Balaban J connectivity index is 1.89. The first-order valence-electron chi connectivity index (χ1n) is 11.7. The van der Waals surface area contributed by atoms with Crippen LogP contribution in [0.5, 0.6) is 0 Å². The minimum Gasteiger partial charge on any atom is -0.461 e. The van der Waals surface area contributed by atoms with Gasteiger partial charge in [0.1, 0.15) is 36.5 Å². The third-order valence-electron chi connectivity index (χ3n) is 5.88. The highest BCUT2D eigenvalue weighted by atomic mass is 32.1. The van der Waals surface area contributed by atoms with E-state index < -0.39 is 60.4 Å². The Morgan fingerprint density at radius 2 is 1.84 bits per heavy atom. The summed E-state index contributed by atoms with van der Waals surface area (Å²) in [6.45, 7) is 4.35. The van der Waals surface area contributed by atoms with Crippen molar-refractivity contribution in [2.75, 3.05) is 19.4 Å². The number of ether oxygens (including phenoxy) is 1. The Labute approximate surface area is 219 Å². The highest BCUT2D eigenvalue weighted by Gasteiger charge is 2.37. The molecule has 198 valence electrons. The van der Waals surface area contributed by atoms with Crippen LogP contribution in [-0.4, -0.2) is 88.0 Å². The zero-order valence-corrected chi connectivity index (χ0v) is 21.8. The second kappa shape index (κ2) is 12.0. The second-order valence-corrected chi connectivity index (χ2v) is 9.38. The van der Waals surface area contributed by atoms with Gasteiger partial charge in [-0.25, -0.2) is 9.78 Å². The molecule has 1 fully saturated rings. The molecular weight excluding hydrogens is 500 g/mol. The van der Waals surface area contributed by atoms with Crippen LogP contribution in [0.25, 0.3) is 11.0 Å². The minimum absolute atomic E-state index is 0.0269. The number of cyclic esters (lactones) is 1. The van der Waals surface area contributed by atoms with Crippen LogP contribution in [0.2, 0.25) is 0 Å². The fraction of sp³-hybridized carbons (Fsp3) is 0.458. The van der Waals surface area contributed by atoms with Crippen molar-refractivity contribution in [2.45, 2.75) is 44.9 Å². The van der Waals surface area contributed by atoms with Gasteiger partial charge in [0.05, 0.1) is 17.2 Å². The maximum absolute atomic E-state index is 13.0. The third kappa shape index (κ3) is 6.53. The number of carbonyl (C=O) groups excluding carboxylic acids is 5. The standard InChI is InChI=1S/C24H30N6O6S/c1-12(2)19-24(35)36-10-17(28-21(32)16-9-25-14-7-5-6-8-15(14)27-16)22(33)26-13(3)20(31)29-18(11-37)23(34)30(19)4/h5-9,12-13,17-19,37H,10-11H2,1-4H3,(H,26,33)(H,28,32)(H,29,31)/t13-,17-,18?,19?/m0/s1. The number of hydrogen-bond donors (Lipinski definition) is 4. The Hall–Kier alpha value is -3.74. The molecule has 13 heteroatoms. The quantitative estimate of drug-likeness (QED) is 0.309. The van der Waals surface area contributed by atoms with E-state index >= 15 is 0 Å². The molecule has 1 aromatic heterocycles. The molecule has 1 aliphatic rings. The van der Waals surface area contributed by atoms with E-state index in [1.807, 2.05) is 0 Å². The van der Waals surface area contributed by atoms with E-state index in [4.69, 9.17) is 4.74 Å². The molecule has 0 aliphatic carbocycles. The zero-order valence-electron chi connectivity index (χ0n) is 20.9. The third-order valence-corrected chi connectivity index (χ3v) is 6.25. The molecule has 0 radical (unpaired) electrons. The minimum atomic E-state index is -1.35. The lowest BCUT2D eigenvalue weighted by Gasteiger charge is -2.32. The molecule has 12 nitrogen and oxygen atoms in total. The molecule has 4 amide bonds. The summed E-state index contributed by atoms with van der Waals surface area (Å²) in [7, 11) is 1.43. The number of amides is 4. The van der Waals surface area contributed by atoms with E-state index in [1.54, 1.807) is 38.1 Å². The number of fused-ring (bicyclic) bond motifs is 1. The lowest BCUT2D eigenvalue weighted by Crippen LogP contribution is -2.57. The smallest absolute Gasteiger partial charge is 0.329 e. The number of nitrogens with zero attached hydrogens (tertiary/aromatic N) is 3. The molecule has 1 saturated heterocycles. The summed E-state index contributed by atoms with van der Waals surface area (Å²) in [4.78, 5) is 74.3. The van der Waals surface area contributed by atoms with E-state index in [-0.39, 0.29) is 17.4 Å². The first-order valence-corrected chi connectivity index (χ1v) is 12.3. The Morgan fingerprint density at radius 1 is 1.16 bits per heavy atom. The highest BCUT2D eigenvalue weighted by Crippen LogP contribution is 2.14. The highest BCUT2D eigenvalue weighted by molar-refractivity contribution is 7.80. The number of nitrogens with one attached hydrogen (secondary N) is 3. The molecule has 3 rings (SSSR count). The van der Waals surface area contributed by atoms with Crippen molar-refractivity contribution < 1.29 is 28.7 Å². The van der Waals surface area contributed by atoms with E-state index in [2.05, 4.69) is 38.5 Å². The van der Waals surface area contributed by atoms with Crippen molar-refractivity contribution in [1.82, 2.24) is 30.8 Å². The lowest BCUT2D eigenvalue weighted by atomic mass is 10.0. The molecule has 2 heterocycles. The normalized spacial score (nSPS) is 23.9. The SMILES string of the molecule is CC(C)C1C(=O)OC[C@H](NC(=O)c2cnc3ccccc3n2)C(=O)N[C@@H](C)C(=O)NC(CS)C(=O)N1C. The van der Waals surface area contributed by atoms with Crippen molar-refractivity contribution in [3.05, 3.63) is 36.2 Å². The van der Waals surface area contributed by atoms with E-state index in [0.717, 1.165) is 0 Å². The fourth-order valence-corrected chi connectivity index (χ4v) is 4.10. The van der Waals surface area contributed by atoms with Crippen molar-refractivity contribution in [3.8, 4) is 0 Å². The predicted octanol–water partition coefficient (Wildman–Crippen LogP) is -0.313. The monoisotopic (exact) mass is 530 g/mol. The van der Waals surface area contributed by atoms with Crippen LogP contribution in [0, 0.1) is 5.92 Å². The Kier molecular flexibility index (Phi) is 9.03. The number of carbonyl (C=O) groups is 5. The Morgan fingerprint density at radius 3 is 2.49 bits per heavy atom. The van der Waals surface area contributed by atoms with Crippen LogP contribution in [0.4, 0.5) is 0 Å². The van der Waals surface area contributed by atoms with Gasteiger partial charge < -0.3 is 25.6 Å². The molecule has 0 saturated carbocycles. The molecule has 2 unspecified atom stereocenters. The van der Waals surface area contributed by atoms with Crippen molar-refractivity contribution in [3.63, 3.8) is 0 Å². The molecule has 1 aromatic carbocycles. The number of para-hydroxylation sites is 2. The average molecular weight is 531 g/mol. The van der Waals surface area contributed by atoms with Crippen molar-refractivity contribution in [2.24, 2.45) is 5.92 Å². The first kappa shape index (κ1) is 27.8. The average Bonchev–Trinajstić information content (AvgIpc) is 2.87. The molecule has 4 atom stereocenters. The van der Waals surface area contributed by atoms with Gasteiger partial charge >= 0.3 is 5.97 Å². The van der Waals surface area contributed by atoms with Gasteiger partial charge in [-0.1, -0.05) is 26.0 Å². The zero-order chi connectivity index (χ0) is 27.3. The number of esters is 1. The van der Waals surface area contributed by atoms with Crippen LogP contribution in [-0.2, 0) is 23.9 Å². The number of likely N-dealkylation sites (N-methyl/N-ethyl adjacent to an activating group) is 1. The van der Waals surface area contributed by atoms with Crippen LogP contribution in [0.3, 0.4) is 0 Å². The molecule has 1 aliphatic heterocycles. The lowest BCUT2D eigenvalue weighted by molar-refractivity contribution is -0.157. The van der Waals surface area contributed by atoms with Gasteiger partial charge in [0.15, 0.2) is 0 Å². The van der Waals surface area contributed by atoms with Gasteiger partial charge in [-0.2, -0.15) is 12.6 Å². The van der Waals surface area contributed by atoms with Crippen molar-refractivity contribution >= 4 is 53.3 Å². The summed E-state index contributed by atoms with van der Waals surface area (Å²) in [5.41, 5.74) is 1.02. The summed E-state index contributed by atoms with van der Waals surface area (Å²) in [5, 5.41) is 7.53. The summed E-state index contributed by atoms with van der Waals surface area (Å²) >= 11 is 4.15.